The summed E-state index contributed by atoms with van der Waals surface area (Å²) < 4.78 is 64.1. The quantitative estimate of drug-likeness (QED) is 0.330. The SMILES string of the molecule is O=C1CC(S(=O)(=O)O)C(S(=O)(=O)O)C(=O)O1. The number of esters is 2. The lowest BCUT2D eigenvalue weighted by atomic mass is 10.2. The third kappa shape index (κ3) is 2.55. The summed E-state index contributed by atoms with van der Waals surface area (Å²) in [6, 6.07) is 0. The standard InChI is InChI=1S/C5H6O9S2/c6-3-1-2(15(8,9)10)4(5(7)14-3)16(11,12)13/h2,4H,1H2,(H,8,9,10)(H,11,12,13). The largest absolute Gasteiger partial charge is 0.392 e. The van der Waals surface area contributed by atoms with Crippen molar-refractivity contribution in [2.45, 2.75) is 16.9 Å². The zero-order valence-corrected chi connectivity index (χ0v) is 9.06. The molecule has 1 saturated heterocycles. The molecule has 0 saturated carbocycles. The van der Waals surface area contributed by atoms with Gasteiger partial charge in [-0.3, -0.25) is 18.7 Å². The maximum absolute atomic E-state index is 11.0. The lowest BCUT2D eigenvalue weighted by molar-refractivity contribution is -0.162. The van der Waals surface area contributed by atoms with E-state index in [2.05, 4.69) is 4.74 Å². The zero-order chi connectivity index (χ0) is 12.7. The topological polar surface area (TPSA) is 152 Å². The van der Waals surface area contributed by atoms with E-state index in [9.17, 15) is 26.4 Å². The Morgan fingerprint density at radius 3 is 1.94 bits per heavy atom. The van der Waals surface area contributed by atoms with Gasteiger partial charge in [0.2, 0.25) is 5.25 Å². The fraction of sp³-hybridized carbons (Fsp3) is 0.600. The summed E-state index contributed by atoms with van der Waals surface area (Å²) in [6.07, 6.45) is -1.03. The van der Waals surface area contributed by atoms with Crippen LogP contribution in [0.4, 0.5) is 0 Å². The van der Waals surface area contributed by atoms with Crippen LogP contribution in [-0.2, 0) is 34.6 Å². The molecule has 16 heavy (non-hydrogen) atoms. The molecule has 0 aromatic rings. The summed E-state index contributed by atoms with van der Waals surface area (Å²) in [4.78, 5) is 21.7. The van der Waals surface area contributed by atoms with E-state index < -0.39 is 49.1 Å². The molecule has 92 valence electrons. The van der Waals surface area contributed by atoms with Crippen molar-refractivity contribution in [2.24, 2.45) is 0 Å². The second kappa shape index (κ2) is 3.76. The number of hydrogen-bond acceptors (Lipinski definition) is 7. The first-order valence-corrected chi connectivity index (χ1v) is 6.71. The highest BCUT2D eigenvalue weighted by molar-refractivity contribution is 7.91. The fourth-order valence-corrected chi connectivity index (χ4v) is 3.59. The van der Waals surface area contributed by atoms with Gasteiger partial charge in [-0.1, -0.05) is 0 Å². The van der Waals surface area contributed by atoms with Gasteiger partial charge in [0.05, 0.1) is 6.42 Å². The molecule has 11 heteroatoms. The van der Waals surface area contributed by atoms with E-state index in [0.717, 1.165) is 0 Å². The molecule has 1 aliphatic rings. The molecule has 1 heterocycles. The van der Waals surface area contributed by atoms with Crippen LogP contribution in [-0.4, -0.2) is 48.4 Å². The zero-order valence-electron chi connectivity index (χ0n) is 7.43. The van der Waals surface area contributed by atoms with Crippen LogP contribution in [0.25, 0.3) is 0 Å². The van der Waals surface area contributed by atoms with Crippen molar-refractivity contribution in [3.05, 3.63) is 0 Å². The van der Waals surface area contributed by atoms with Crippen LogP contribution in [0.2, 0.25) is 0 Å². The minimum Gasteiger partial charge on any atom is -0.392 e. The van der Waals surface area contributed by atoms with Crippen LogP contribution in [0, 0.1) is 0 Å². The molecule has 0 amide bonds. The van der Waals surface area contributed by atoms with Crippen LogP contribution in [0.15, 0.2) is 0 Å². The molecule has 9 nitrogen and oxygen atoms in total. The smallest absolute Gasteiger partial charge is 0.335 e. The predicted octanol–water partition coefficient (Wildman–Crippen LogP) is -2.03. The number of ether oxygens (including phenoxy) is 1. The molecule has 2 atom stereocenters. The number of carbonyl (C=O) groups excluding carboxylic acids is 2. The Kier molecular flexibility index (Phi) is 3.06. The Bertz CT molecular complexity index is 526. The van der Waals surface area contributed by atoms with Crippen LogP contribution in [0.3, 0.4) is 0 Å². The molecule has 1 aliphatic heterocycles. The Balaban J connectivity index is 3.31. The Labute approximate surface area is 89.9 Å². The highest BCUT2D eigenvalue weighted by Gasteiger charge is 2.51. The molecule has 0 aliphatic carbocycles. The molecule has 1 rings (SSSR count). The predicted molar refractivity (Wildman–Crippen MR) is 46.4 cm³/mol. The molecule has 2 N–H and O–H groups in total. The summed E-state index contributed by atoms with van der Waals surface area (Å²) >= 11 is 0. The first-order chi connectivity index (χ1) is 7.03. The van der Waals surface area contributed by atoms with Crippen molar-refractivity contribution in [2.75, 3.05) is 0 Å². The number of cyclic esters (lactones) is 2. The first-order valence-electron chi connectivity index (χ1n) is 3.70. The molecular weight excluding hydrogens is 268 g/mol. The number of carbonyl (C=O) groups is 2. The lowest BCUT2D eigenvalue weighted by Crippen LogP contribution is -2.51. The third-order valence-corrected chi connectivity index (χ3v) is 4.39. The van der Waals surface area contributed by atoms with Gasteiger partial charge in [-0.2, -0.15) is 16.8 Å². The summed E-state index contributed by atoms with van der Waals surface area (Å²) in [7, 11) is -10.1. The van der Waals surface area contributed by atoms with E-state index in [4.69, 9.17) is 9.11 Å². The molecular formula is C5H6O9S2. The van der Waals surface area contributed by atoms with Gasteiger partial charge in [0, 0.05) is 0 Å². The average molecular weight is 274 g/mol. The average Bonchev–Trinajstić information content (AvgIpc) is 1.97. The molecule has 0 spiro atoms. The summed E-state index contributed by atoms with van der Waals surface area (Å²) in [5, 5.41) is -4.77. The molecule has 0 aromatic heterocycles. The molecule has 0 bridgehead atoms. The Morgan fingerprint density at radius 2 is 1.56 bits per heavy atom. The van der Waals surface area contributed by atoms with Gasteiger partial charge in [-0.15, -0.1) is 0 Å². The third-order valence-electron chi connectivity index (χ3n) is 1.86. The van der Waals surface area contributed by atoms with Crippen molar-refractivity contribution in [1.82, 2.24) is 0 Å². The molecule has 2 unspecified atom stereocenters. The first kappa shape index (κ1) is 13.0. The van der Waals surface area contributed by atoms with E-state index in [-0.39, 0.29) is 0 Å². The van der Waals surface area contributed by atoms with E-state index in [1.165, 1.54) is 0 Å². The van der Waals surface area contributed by atoms with Crippen LogP contribution in [0.5, 0.6) is 0 Å². The van der Waals surface area contributed by atoms with E-state index in [1.807, 2.05) is 0 Å². The maximum Gasteiger partial charge on any atom is 0.335 e. The van der Waals surface area contributed by atoms with Crippen molar-refractivity contribution in [1.29, 1.82) is 0 Å². The highest BCUT2D eigenvalue weighted by atomic mass is 32.2. The van der Waals surface area contributed by atoms with Gasteiger partial charge < -0.3 is 4.74 Å². The lowest BCUT2D eigenvalue weighted by Gasteiger charge is -2.23. The van der Waals surface area contributed by atoms with Crippen molar-refractivity contribution < 1.29 is 40.3 Å². The molecule has 0 aromatic carbocycles. The normalized spacial score (nSPS) is 27.6. The van der Waals surface area contributed by atoms with Gasteiger partial charge in [-0.05, 0) is 0 Å². The monoisotopic (exact) mass is 274 g/mol. The van der Waals surface area contributed by atoms with E-state index in [1.54, 1.807) is 0 Å². The number of rotatable bonds is 2. The van der Waals surface area contributed by atoms with E-state index in [0.29, 0.717) is 0 Å². The molecule has 1 fully saturated rings. The van der Waals surface area contributed by atoms with Gasteiger partial charge in [-0.25, -0.2) is 0 Å². The Morgan fingerprint density at radius 1 is 1.06 bits per heavy atom. The van der Waals surface area contributed by atoms with Gasteiger partial charge >= 0.3 is 11.9 Å². The van der Waals surface area contributed by atoms with Crippen molar-refractivity contribution >= 4 is 32.2 Å². The number of hydrogen-bond donors (Lipinski definition) is 2. The maximum atomic E-state index is 11.0. The summed E-state index contributed by atoms with van der Waals surface area (Å²) in [5.41, 5.74) is 0. The molecule has 0 radical (unpaired) electrons. The Hall–Kier alpha value is -1.04. The van der Waals surface area contributed by atoms with Crippen molar-refractivity contribution in [3.63, 3.8) is 0 Å². The van der Waals surface area contributed by atoms with Crippen LogP contribution < -0.4 is 0 Å². The van der Waals surface area contributed by atoms with Crippen LogP contribution >= 0.6 is 0 Å². The van der Waals surface area contributed by atoms with Crippen LogP contribution in [0.1, 0.15) is 6.42 Å². The van der Waals surface area contributed by atoms with Gasteiger partial charge in [0.25, 0.3) is 20.2 Å². The minimum atomic E-state index is -5.10. The van der Waals surface area contributed by atoms with Gasteiger partial charge in [0.15, 0.2) is 0 Å². The van der Waals surface area contributed by atoms with Gasteiger partial charge in [0.1, 0.15) is 5.25 Å². The van der Waals surface area contributed by atoms with E-state index >= 15 is 0 Å². The minimum absolute atomic E-state index is 1.03. The second-order valence-corrected chi connectivity index (χ2v) is 6.16. The fourth-order valence-electron chi connectivity index (χ4n) is 1.21. The second-order valence-electron chi connectivity index (χ2n) is 2.99. The summed E-state index contributed by atoms with van der Waals surface area (Å²) in [5.74, 6) is -3.03. The highest BCUT2D eigenvalue weighted by Crippen LogP contribution is 2.22. The summed E-state index contributed by atoms with van der Waals surface area (Å²) in [6.45, 7) is 0. The van der Waals surface area contributed by atoms with Crippen molar-refractivity contribution in [3.8, 4) is 0 Å².